The lowest BCUT2D eigenvalue weighted by Crippen LogP contribution is -2.26. The molecule has 1 saturated heterocycles. The van der Waals surface area contributed by atoms with Gasteiger partial charge in [-0.25, -0.2) is 8.78 Å². The summed E-state index contributed by atoms with van der Waals surface area (Å²) >= 11 is 4.05. The Labute approximate surface area is 112 Å². The summed E-state index contributed by atoms with van der Waals surface area (Å²) in [7, 11) is 0. The Hall–Kier alpha value is -1.70. The van der Waals surface area contributed by atoms with Gasteiger partial charge >= 0.3 is 0 Å². The second-order valence-corrected chi connectivity index (χ2v) is 4.63. The summed E-state index contributed by atoms with van der Waals surface area (Å²) < 4.78 is 26.8. The maximum atomic E-state index is 13.8. The number of nitro benzene ring substituents is 1. The number of anilines is 1. The summed E-state index contributed by atoms with van der Waals surface area (Å²) in [4.78, 5) is 22.7. The van der Waals surface area contributed by atoms with Crippen LogP contribution in [0, 0.1) is 27.7 Å². The van der Waals surface area contributed by atoms with Crippen LogP contribution in [0.4, 0.5) is 20.2 Å². The Kier molecular flexibility index (Phi) is 3.70. The molecule has 0 bridgehead atoms. The Morgan fingerprint density at radius 3 is 2.68 bits per heavy atom. The first kappa shape index (κ1) is 13.7. The zero-order valence-electron chi connectivity index (χ0n) is 9.68. The van der Waals surface area contributed by atoms with Gasteiger partial charge in [0.05, 0.1) is 11.0 Å². The number of hydrogen-bond acceptors (Lipinski definition) is 4. The van der Waals surface area contributed by atoms with E-state index in [9.17, 15) is 23.7 Å². The lowest BCUT2D eigenvalue weighted by atomic mass is 10.1. The van der Waals surface area contributed by atoms with E-state index >= 15 is 0 Å². The first-order valence-corrected chi connectivity index (χ1v) is 6.12. The fourth-order valence-electron chi connectivity index (χ4n) is 2.08. The highest BCUT2D eigenvalue weighted by Gasteiger charge is 2.36. The van der Waals surface area contributed by atoms with Gasteiger partial charge in [-0.05, 0) is 11.7 Å². The van der Waals surface area contributed by atoms with E-state index in [1.165, 1.54) is 0 Å². The van der Waals surface area contributed by atoms with E-state index in [0.717, 1.165) is 4.90 Å². The van der Waals surface area contributed by atoms with E-state index in [1.54, 1.807) is 0 Å². The van der Waals surface area contributed by atoms with Crippen molar-refractivity contribution in [3.63, 3.8) is 0 Å². The largest absolute Gasteiger partial charge is 0.304 e. The van der Waals surface area contributed by atoms with Gasteiger partial charge in [-0.3, -0.25) is 14.9 Å². The molecule has 1 aromatic carbocycles. The van der Waals surface area contributed by atoms with Crippen molar-refractivity contribution in [3.8, 4) is 0 Å². The average Bonchev–Trinajstić information content (AvgIpc) is 2.69. The average molecular weight is 288 g/mol. The monoisotopic (exact) mass is 288 g/mol. The fraction of sp³-hybridized carbons (Fsp3) is 0.364. The van der Waals surface area contributed by atoms with Gasteiger partial charge in [-0.2, -0.15) is 12.6 Å². The Balaban J connectivity index is 2.50. The molecule has 0 aliphatic carbocycles. The SMILES string of the molecule is O=C1CC(CS)CN1c1c(F)cc(F)cc1[N+](=O)[O-]. The van der Waals surface area contributed by atoms with E-state index in [2.05, 4.69) is 12.6 Å². The van der Waals surface area contributed by atoms with Crippen molar-refractivity contribution >= 4 is 29.9 Å². The molecule has 1 fully saturated rings. The molecule has 1 aliphatic heterocycles. The normalized spacial score (nSPS) is 19.0. The molecule has 1 unspecified atom stereocenters. The van der Waals surface area contributed by atoms with Crippen LogP contribution in [0.5, 0.6) is 0 Å². The molecule has 1 heterocycles. The Morgan fingerprint density at radius 1 is 1.47 bits per heavy atom. The highest BCUT2D eigenvalue weighted by molar-refractivity contribution is 7.80. The van der Waals surface area contributed by atoms with Gasteiger partial charge in [0.15, 0.2) is 11.5 Å². The topological polar surface area (TPSA) is 63.5 Å². The third kappa shape index (κ3) is 2.53. The number of carbonyl (C=O) groups excluding carboxylic acids is 1. The number of halogens is 2. The molecule has 0 N–H and O–H groups in total. The van der Waals surface area contributed by atoms with Crippen LogP contribution < -0.4 is 4.90 Å². The molecule has 19 heavy (non-hydrogen) atoms. The summed E-state index contributed by atoms with van der Waals surface area (Å²) in [5.74, 6) is -2.27. The molecule has 1 aliphatic rings. The number of rotatable bonds is 3. The molecule has 0 aromatic heterocycles. The second kappa shape index (κ2) is 5.12. The smallest absolute Gasteiger partial charge is 0.298 e. The molecule has 1 aromatic rings. The molecule has 0 radical (unpaired) electrons. The van der Waals surface area contributed by atoms with Crippen LogP contribution in [0.25, 0.3) is 0 Å². The molecule has 0 spiro atoms. The summed E-state index contributed by atoms with van der Waals surface area (Å²) in [5.41, 5.74) is -1.22. The van der Waals surface area contributed by atoms with Crippen LogP contribution in [0.3, 0.4) is 0 Å². The zero-order chi connectivity index (χ0) is 14.2. The fourth-order valence-corrected chi connectivity index (χ4v) is 2.32. The number of nitrogens with zero attached hydrogens (tertiary/aromatic N) is 2. The number of nitro groups is 1. The maximum Gasteiger partial charge on any atom is 0.298 e. The number of hydrogen-bond donors (Lipinski definition) is 1. The van der Waals surface area contributed by atoms with Crippen molar-refractivity contribution in [2.45, 2.75) is 6.42 Å². The predicted octanol–water partition coefficient (Wildman–Crippen LogP) is 2.16. The van der Waals surface area contributed by atoms with Crippen molar-refractivity contribution in [1.29, 1.82) is 0 Å². The van der Waals surface area contributed by atoms with E-state index in [-0.39, 0.29) is 18.9 Å². The first-order valence-electron chi connectivity index (χ1n) is 5.48. The van der Waals surface area contributed by atoms with Crippen LogP contribution in [-0.2, 0) is 4.79 Å². The molecular weight excluding hydrogens is 278 g/mol. The lowest BCUT2D eigenvalue weighted by molar-refractivity contribution is -0.384. The highest BCUT2D eigenvalue weighted by Crippen LogP contribution is 2.36. The minimum atomic E-state index is -1.11. The summed E-state index contributed by atoms with van der Waals surface area (Å²) in [6.45, 7) is 0.145. The molecule has 5 nitrogen and oxygen atoms in total. The summed E-state index contributed by atoms with van der Waals surface area (Å²) in [6, 6.07) is 1.14. The maximum absolute atomic E-state index is 13.8. The summed E-state index contributed by atoms with van der Waals surface area (Å²) in [6.07, 6.45) is 0.150. The van der Waals surface area contributed by atoms with Gasteiger partial charge in [0, 0.05) is 19.0 Å². The van der Waals surface area contributed by atoms with Gasteiger partial charge in [-0.15, -0.1) is 0 Å². The molecule has 1 atom stereocenters. The first-order chi connectivity index (χ1) is 8.93. The van der Waals surface area contributed by atoms with E-state index in [4.69, 9.17) is 0 Å². The minimum Gasteiger partial charge on any atom is -0.304 e. The van der Waals surface area contributed by atoms with Gasteiger partial charge < -0.3 is 4.90 Å². The standard InChI is InChI=1S/C11H10F2N2O3S/c12-7-2-8(13)11(9(3-7)15(17)18)14-4-6(5-19)1-10(14)16/h2-3,6,19H,1,4-5H2. The molecular formula is C11H10F2N2O3S. The molecule has 1 amide bonds. The Bertz CT molecular complexity index is 553. The zero-order valence-corrected chi connectivity index (χ0v) is 10.6. The van der Waals surface area contributed by atoms with Gasteiger partial charge in [0.2, 0.25) is 5.91 Å². The molecule has 102 valence electrons. The van der Waals surface area contributed by atoms with Gasteiger partial charge in [0.1, 0.15) is 5.82 Å². The van der Waals surface area contributed by atoms with Crippen LogP contribution in [0.1, 0.15) is 6.42 Å². The molecule has 2 rings (SSSR count). The van der Waals surface area contributed by atoms with Crippen molar-refractivity contribution in [3.05, 3.63) is 33.9 Å². The van der Waals surface area contributed by atoms with E-state index in [0.29, 0.717) is 17.9 Å². The third-order valence-electron chi connectivity index (χ3n) is 2.94. The van der Waals surface area contributed by atoms with Gasteiger partial charge in [0.25, 0.3) is 5.69 Å². The quantitative estimate of drug-likeness (QED) is 0.526. The summed E-state index contributed by atoms with van der Waals surface area (Å²) in [5, 5.41) is 10.9. The van der Waals surface area contributed by atoms with Crippen LogP contribution in [0.2, 0.25) is 0 Å². The van der Waals surface area contributed by atoms with Crippen LogP contribution >= 0.6 is 12.6 Å². The molecule has 0 saturated carbocycles. The number of benzene rings is 1. The Morgan fingerprint density at radius 2 is 2.16 bits per heavy atom. The number of carbonyl (C=O) groups is 1. The molecule has 8 heteroatoms. The minimum absolute atomic E-state index is 0.0973. The van der Waals surface area contributed by atoms with Gasteiger partial charge in [-0.1, -0.05) is 0 Å². The number of thiol groups is 1. The van der Waals surface area contributed by atoms with Crippen LogP contribution in [0.15, 0.2) is 12.1 Å². The van der Waals surface area contributed by atoms with E-state index < -0.39 is 33.8 Å². The van der Waals surface area contributed by atoms with Crippen molar-refractivity contribution in [1.82, 2.24) is 0 Å². The predicted molar refractivity (Wildman–Crippen MR) is 67.3 cm³/mol. The van der Waals surface area contributed by atoms with Crippen molar-refractivity contribution in [2.24, 2.45) is 5.92 Å². The lowest BCUT2D eigenvalue weighted by Gasteiger charge is -2.17. The van der Waals surface area contributed by atoms with Crippen molar-refractivity contribution in [2.75, 3.05) is 17.2 Å². The highest BCUT2D eigenvalue weighted by atomic mass is 32.1. The van der Waals surface area contributed by atoms with E-state index in [1.807, 2.05) is 0 Å². The third-order valence-corrected chi connectivity index (χ3v) is 3.45. The second-order valence-electron chi connectivity index (χ2n) is 4.27. The van der Waals surface area contributed by atoms with Crippen LogP contribution in [-0.4, -0.2) is 23.1 Å². The number of amides is 1. The van der Waals surface area contributed by atoms with Crippen molar-refractivity contribution < 1.29 is 18.5 Å².